The first-order valence-electron chi connectivity index (χ1n) is 11.3. The molecule has 1 aromatic rings. The number of hydrogen-bond acceptors (Lipinski definition) is 5. The Hall–Kier alpha value is -1.10. The monoisotopic (exact) mass is 545 g/mol. The number of benzene rings is 1. The summed E-state index contributed by atoms with van der Waals surface area (Å²) in [7, 11) is 5.34. The highest BCUT2D eigenvalue weighted by atomic mass is 127. The van der Waals surface area contributed by atoms with Gasteiger partial charge in [-0.25, -0.2) is 0 Å². The Morgan fingerprint density at radius 1 is 1.19 bits per heavy atom. The third-order valence-electron chi connectivity index (χ3n) is 6.08. The van der Waals surface area contributed by atoms with Gasteiger partial charge in [0, 0.05) is 46.4 Å². The zero-order valence-electron chi connectivity index (χ0n) is 19.3. The van der Waals surface area contributed by atoms with Crippen molar-refractivity contribution >= 4 is 29.9 Å². The summed E-state index contributed by atoms with van der Waals surface area (Å²) in [6, 6.07) is 9.50. The first-order valence-corrected chi connectivity index (χ1v) is 11.3. The lowest BCUT2D eigenvalue weighted by Gasteiger charge is -2.29. The third kappa shape index (κ3) is 8.40. The fourth-order valence-corrected chi connectivity index (χ4v) is 4.22. The van der Waals surface area contributed by atoms with Crippen LogP contribution in [0.25, 0.3) is 0 Å². The summed E-state index contributed by atoms with van der Waals surface area (Å²) >= 11 is 0. The van der Waals surface area contributed by atoms with Crippen LogP contribution in [0.3, 0.4) is 0 Å². The van der Waals surface area contributed by atoms with E-state index in [4.69, 9.17) is 9.47 Å². The first-order chi connectivity index (χ1) is 14.7. The SMILES string of the molecule is CN=C(NCCN(CCOC)C1CC1)NCC(c1cccc(OC)c1)N1CCCC1.I. The Morgan fingerprint density at radius 3 is 2.61 bits per heavy atom. The van der Waals surface area contributed by atoms with Crippen LogP contribution in [-0.4, -0.2) is 88.9 Å². The highest BCUT2D eigenvalue weighted by Gasteiger charge is 2.28. The number of halogens is 1. The van der Waals surface area contributed by atoms with Crippen LogP contribution in [0.4, 0.5) is 0 Å². The molecule has 0 spiro atoms. The van der Waals surface area contributed by atoms with E-state index < -0.39 is 0 Å². The van der Waals surface area contributed by atoms with Gasteiger partial charge >= 0.3 is 0 Å². The molecule has 7 nitrogen and oxygen atoms in total. The molecule has 2 fully saturated rings. The maximum atomic E-state index is 5.45. The van der Waals surface area contributed by atoms with Crippen LogP contribution < -0.4 is 15.4 Å². The van der Waals surface area contributed by atoms with Crippen LogP contribution in [0.15, 0.2) is 29.3 Å². The summed E-state index contributed by atoms with van der Waals surface area (Å²) in [5.74, 6) is 1.78. The van der Waals surface area contributed by atoms with Gasteiger partial charge in [-0.15, -0.1) is 24.0 Å². The largest absolute Gasteiger partial charge is 0.497 e. The summed E-state index contributed by atoms with van der Waals surface area (Å²) < 4.78 is 10.7. The molecule has 0 aromatic heterocycles. The quantitative estimate of drug-likeness (QED) is 0.240. The van der Waals surface area contributed by atoms with E-state index in [0.717, 1.165) is 63.6 Å². The van der Waals surface area contributed by atoms with Gasteiger partial charge in [0.05, 0.1) is 19.8 Å². The van der Waals surface area contributed by atoms with E-state index in [1.54, 1.807) is 14.2 Å². The van der Waals surface area contributed by atoms with Gasteiger partial charge in [0.2, 0.25) is 0 Å². The van der Waals surface area contributed by atoms with Gasteiger partial charge in [0.15, 0.2) is 5.96 Å². The molecule has 3 rings (SSSR count). The Bertz CT molecular complexity index is 665. The molecule has 0 amide bonds. The van der Waals surface area contributed by atoms with Crippen LogP contribution in [0.2, 0.25) is 0 Å². The fourth-order valence-electron chi connectivity index (χ4n) is 4.22. The number of likely N-dealkylation sites (tertiary alicyclic amines) is 1. The van der Waals surface area contributed by atoms with Gasteiger partial charge in [-0.05, 0) is 56.5 Å². The molecule has 0 bridgehead atoms. The van der Waals surface area contributed by atoms with E-state index in [1.165, 1.54) is 31.2 Å². The van der Waals surface area contributed by atoms with Gasteiger partial charge < -0.3 is 20.1 Å². The maximum Gasteiger partial charge on any atom is 0.191 e. The number of hydrogen-bond donors (Lipinski definition) is 2. The normalized spacial score (nSPS) is 18.0. The molecule has 1 unspecified atom stereocenters. The molecule has 1 saturated heterocycles. The van der Waals surface area contributed by atoms with Crippen LogP contribution in [0, 0.1) is 0 Å². The smallest absolute Gasteiger partial charge is 0.191 e. The molecule has 176 valence electrons. The Kier molecular flexibility index (Phi) is 11.9. The lowest BCUT2D eigenvalue weighted by atomic mass is 10.1. The van der Waals surface area contributed by atoms with E-state index in [2.05, 4.69) is 43.6 Å². The summed E-state index contributed by atoms with van der Waals surface area (Å²) in [6.45, 7) is 6.80. The third-order valence-corrected chi connectivity index (χ3v) is 6.08. The van der Waals surface area contributed by atoms with E-state index in [9.17, 15) is 0 Å². The number of nitrogens with one attached hydrogen (secondary N) is 2. The minimum absolute atomic E-state index is 0. The van der Waals surface area contributed by atoms with Gasteiger partial charge in [0.25, 0.3) is 0 Å². The standard InChI is InChI=1S/C23H39N5O2.HI/c1-24-23(25-11-14-27(15-16-29-2)20-9-10-20)26-18-22(28-12-4-5-13-28)19-7-6-8-21(17-19)30-3;/h6-8,17,20,22H,4-5,9-16,18H2,1-3H3,(H2,24,25,26);1H. The molecule has 2 N–H and O–H groups in total. The molecular weight excluding hydrogens is 505 g/mol. The predicted molar refractivity (Wildman–Crippen MR) is 138 cm³/mol. The first kappa shape index (κ1) is 26.2. The van der Waals surface area contributed by atoms with Crippen molar-refractivity contribution in [3.63, 3.8) is 0 Å². The molecule has 31 heavy (non-hydrogen) atoms. The van der Waals surface area contributed by atoms with E-state index in [0.29, 0.717) is 6.04 Å². The lowest BCUT2D eigenvalue weighted by molar-refractivity contribution is 0.144. The van der Waals surface area contributed by atoms with Crippen molar-refractivity contribution in [2.24, 2.45) is 4.99 Å². The zero-order chi connectivity index (χ0) is 21.2. The molecule has 0 radical (unpaired) electrons. The second kappa shape index (κ2) is 14.1. The van der Waals surface area contributed by atoms with Gasteiger partial charge in [-0.3, -0.25) is 14.8 Å². The average Bonchev–Trinajstić information content (AvgIpc) is 3.49. The summed E-state index contributed by atoms with van der Waals surface area (Å²) in [5, 5.41) is 7.05. The summed E-state index contributed by atoms with van der Waals surface area (Å²) in [5.41, 5.74) is 1.29. The van der Waals surface area contributed by atoms with Crippen molar-refractivity contribution in [3.8, 4) is 5.75 Å². The Balaban J connectivity index is 0.00000341. The highest BCUT2D eigenvalue weighted by Crippen LogP contribution is 2.27. The van der Waals surface area contributed by atoms with E-state index in [-0.39, 0.29) is 24.0 Å². The van der Waals surface area contributed by atoms with Gasteiger partial charge in [0.1, 0.15) is 5.75 Å². The minimum atomic E-state index is 0. The van der Waals surface area contributed by atoms with Crippen molar-refractivity contribution in [2.45, 2.75) is 37.8 Å². The van der Waals surface area contributed by atoms with Crippen molar-refractivity contribution in [3.05, 3.63) is 29.8 Å². The van der Waals surface area contributed by atoms with E-state index in [1.807, 2.05) is 13.1 Å². The van der Waals surface area contributed by atoms with Crippen LogP contribution in [0.5, 0.6) is 5.75 Å². The number of guanidine groups is 1. The zero-order valence-corrected chi connectivity index (χ0v) is 21.6. The molecule has 2 aliphatic rings. The lowest BCUT2D eigenvalue weighted by Crippen LogP contribution is -2.45. The average molecular weight is 546 g/mol. The van der Waals surface area contributed by atoms with E-state index >= 15 is 0 Å². The predicted octanol–water partition coefficient (Wildman–Crippen LogP) is 2.73. The summed E-state index contributed by atoms with van der Waals surface area (Å²) in [4.78, 5) is 9.53. The van der Waals surface area contributed by atoms with Gasteiger partial charge in [-0.2, -0.15) is 0 Å². The van der Waals surface area contributed by atoms with Crippen LogP contribution in [0.1, 0.15) is 37.3 Å². The summed E-state index contributed by atoms with van der Waals surface area (Å²) in [6.07, 6.45) is 5.17. The van der Waals surface area contributed by atoms with Crippen LogP contribution >= 0.6 is 24.0 Å². The molecule has 1 atom stereocenters. The van der Waals surface area contributed by atoms with Crippen molar-refractivity contribution in [1.29, 1.82) is 0 Å². The number of ether oxygens (including phenoxy) is 2. The number of methoxy groups -OCH3 is 2. The Morgan fingerprint density at radius 2 is 1.97 bits per heavy atom. The molecule has 1 heterocycles. The molecule has 1 saturated carbocycles. The minimum Gasteiger partial charge on any atom is -0.497 e. The van der Waals surface area contributed by atoms with Crippen molar-refractivity contribution < 1.29 is 9.47 Å². The van der Waals surface area contributed by atoms with Crippen molar-refractivity contribution in [2.75, 3.05) is 67.1 Å². The number of rotatable bonds is 12. The second-order valence-electron chi connectivity index (χ2n) is 8.18. The van der Waals surface area contributed by atoms with Gasteiger partial charge in [-0.1, -0.05) is 12.1 Å². The fraction of sp³-hybridized carbons (Fsp3) is 0.696. The number of nitrogens with zero attached hydrogens (tertiary/aromatic N) is 3. The molecule has 1 aliphatic carbocycles. The Labute approximate surface area is 205 Å². The topological polar surface area (TPSA) is 61.4 Å². The second-order valence-corrected chi connectivity index (χ2v) is 8.18. The maximum absolute atomic E-state index is 5.45. The van der Waals surface area contributed by atoms with Crippen LogP contribution in [-0.2, 0) is 4.74 Å². The number of aliphatic imine (C=N–C) groups is 1. The molecule has 1 aliphatic heterocycles. The molecular formula is C23H40IN5O2. The van der Waals surface area contributed by atoms with Crippen molar-refractivity contribution in [1.82, 2.24) is 20.4 Å². The molecule has 8 heteroatoms. The highest BCUT2D eigenvalue weighted by molar-refractivity contribution is 14.0. The molecule has 1 aromatic carbocycles.